The molecule has 0 N–H and O–H groups in total. The molecule has 0 bridgehead atoms. The van der Waals surface area contributed by atoms with Crippen LogP contribution in [-0.2, 0) is 11.2 Å². The van der Waals surface area contributed by atoms with Gasteiger partial charge in [0.15, 0.2) is 11.6 Å². The normalized spacial score (nSPS) is 10.9. The third-order valence-electron chi connectivity index (χ3n) is 5.88. The van der Waals surface area contributed by atoms with Crippen molar-refractivity contribution in [2.75, 3.05) is 0 Å². The molecule has 2 aromatic rings. The molecular formula is C28H42N2O2. The third kappa shape index (κ3) is 10.9. The molecule has 4 nitrogen and oxygen atoms in total. The van der Waals surface area contributed by atoms with Crippen LogP contribution in [0.5, 0.6) is 5.75 Å². The summed E-state index contributed by atoms with van der Waals surface area (Å²) >= 11 is 0. The number of carbonyl (C=O) groups excluding carboxylic acids is 1. The van der Waals surface area contributed by atoms with Crippen LogP contribution in [0.4, 0.5) is 0 Å². The average Bonchev–Trinajstić information content (AvgIpc) is 2.81. The zero-order chi connectivity index (χ0) is 22.9. The van der Waals surface area contributed by atoms with Crippen LogP contribution < -0.4 is 4.74 Å². The lowest BCUT2D eigenvalue weighted by molar-refractivity contribution is -0.134. The first-order valence-corrected chi connectivity index (χ1v) is 12.8. The number of hydrogen-bond acceptors (Lipinski definition) is 4. The summed E-state index contributed by atoms with van der Waals surface area (Å²) in [5.74, 6) is 0.847. The number of unbranched alkanes of at least 4 members (excludes halogenated alkanes) is 11. The second kappa shape index (κ2) is 16.4. The van der Waals surface area contributed by atoms with E-state index in [4.69, 9.17) is 4.74 Å². The number of ether oxygens (including phenoxy) is 1. The van der Waals surface area contributed by atoms with Crippen molar-refractivity contribution in [2.24, 2.45) is 0 Å². The van der Waals surface area contributed by atoms with Crippen LogP contribution in [0.1, 0.15) is 109 Å². The summed E-state index contributed by atoms with van der Waals surface area (Å²) in [4.78, 5) is 20.5. The van der Waals surface area contributed by atoms with E-state index < -0.39 is 0 Å². The van der Waals surface area contributed by atoms with Gasteiger partial charge in [0.25, 0.3) is 0 Å². The minimum absolute atomic E-state index is 0.217. The van der Waals surface area contributed by atoms with Gasteiger partial charge >= 0.3 is 5.97 Å². The fourth-order valence-corrected chi connectivity index (χ4v) is 3.86. The Labute approximate surface area is 195 Å². The fraction of sp³-hybridized carbons (Fsp3) is 0.607. The van der Waals surface area contributed by atoms with Gasteiger partial charge < -0.3 is 4.74 Å². The Morgan fingerprint density at radius 1 is 0.719 bits per heavy atom. The number of esters is 1. The van der Waals surface area contributed by atoms with Crippen LogP contribution in [0.2, 0.25) is 0 Å². The van der Waals surface area contributed by atoms with Crippen LogP contribution >= 0.6 is 0 Å². The van der Waals surface area contributed by atoms with Crippen LogP contribution in [0.15, 0.2) is 36.7 Å². The molecule has 0 fully saturated rings. The number of hydrogen-bond donors (Lipinski definition) is 0. The van der Waals surface area contributed by atoms with Crippen molar-refractivity contribution in [1.29, 1.82) is 0 Å². The molecular weight excluding hydrogens is 396 g/mol. The van der Waals surface area contributed by atoms with Gasteiger partial charge in [-0.2, -0.15) is 0 Å². The van der Waals surface area contributed by atoms with E-state index >= 15 is 0 Å². The summed E-state index contributed by atoms with van der Waals surface area (Å²) in [5.41, 5.74) is 2.35. The zero-order valence-electron chi connectivity index (χ0n) is 20.3. The molecule has 0 aliphatic heterocycles. The predicted molar refractivity (Wildman–Crippen MR) is 133 cm³/mol. The summed E-state index contributed by atoms with van der Waals surface area (Å²) < 4.78 is 5.31. The first kappa shape index (κ1) is 26.0. The minimum Gasteiger partial charge on any atom is -0.423 e. The quantitative estimate of drug-likeness (QED) is 0.185. The number of aromatic nitrogens is 2. The Kier molecular flexibility index (Phi) is 13.3. The minimum atomic E-state index is -0.217. The first-order valence-electron chi connectivity index (χ1n) is 12.8. The van der Waals surface area contributed by atoms with Gasteiger partial charge in [-0.3, -0.25) is 4.79 Å². The molecule has 1 heterocycles. The van der Waals surface area contributed by atoms with Crippen molar-refractivity contribution >= 4 is 5.97 Å². The number of benzene rings is 1. The maximum Gasteiger partial charge on any atom is 0.311 e. The number of aryl methyl sites for hydroxylation is 1. The van der Waals surface area contributed by atoms with Crippen molar-refractivity contribution in [3.8, 4) is 17.1 Å². The molecule has 0 saturated carbocycles. The summed E-state index contributed by atoms with van der Waals surface area (Å²) in [7, 11) is 0. The van der Waals surface area contributed by atoms with E-state index in [1.54, 1.807) is 12.4 Å². The lowest BCUT2D eigenvalue weighted by Crippen LogP contribution is -2.08. The maximum absolute atomic E-state index is 11.8. The Hall–Kier alpha value is -2.23. The molecule has 4 heteroatoms. The maximum atomic E-state index is 11.8. The first-order chi connectivity index (χ1) is 15.7. The van der Waals surface area contributed by atoms with E-state index in [1.165, 1.54) is 69.8 Å². The van der Waals surface area contributed by atoms with E-state index in [-0.39, 0.29) is 5.97 Å². The lowest BCUT2D eigenvalue weighted by Gasteiger charge is -2.06. The van der Waals surface area contributed by atoms with Gasteiger partial charge in [0.05, 0.1) is 12.4 Å². The van der Waals surface area contributed by atoms with Crippen molar-refractivity contribution in [3.63, 3.8) is 0 Å². The Morgan fingerprint density at radius 3 is 1.84 bits per heavy atom. The van der Waals surface area contributed by atoms with E-state index in [2.05, 4.69) is 48.1 Å². The Bertz CT molecular complexity index is 741. The second-order valence-corrected chi connectivity index (χ2v) is 8.80. The molecule has 0 unspecified atom stereocenters. The van der Waals surface area contributed by atoms with Crippen LogP contribution in [0, 0.1) is 0 Å². The topological polar surface area (TPSA) is 52.1 Å². The molecule has 0 radical (unpaired) electrons. The van der Waals surface area contributed by atoms with Crippen molar-refractivity contribution in [3.05, 3.63) is 42.2 Å². The molecule has 0 aliphatic rings. The molecule has 1 aromatic heterocycles. The lowest BCUT2D eigenvalue weighted by atomic mass is 10.0. The standard InChI is InChI=1S/C28H42N2O2/c1-3-5-7-8-9-10-11-12-13-15-16-24-18-20-25(21-19-24)28-29-22-26(23-30-28)32-27(31)17-14-6-4-2/h18-23H,3-17H2,1-2H3. The van der Waals surface area contributed by atoms with E-state index in [9.17, 15) is 4.79 Å². The molecule has 0 saturated heterocycles. The average molecular weight is 439 g/mol. The van der Waals surface area contributed by atoms with Gasteiger partial charge in [0.2, 0.25) is 0 Å². The highest BCUT2D eigenvalue weighted by Crippen LogP contribution is 2.19. The van der Waals surface area contributed by atoms with Crippen LogP contribution in [0.25, 0.3) is 11.4 Å². The van der Waals surface area contributed by atoms with Gasteiger partial charge in [0.1, 0.15) is 0 Å². The summed E-state index contributed by atoms with van der Waals surface area (Å²) in [6.07, 6.45) is 21.4. The van der Waals surface area contributed by atoms with Crippen molar-refractivity contribution in [2.45, 2.75) is 110 Å². The van der Waals surface area contributed by atoms with Gasteiger partial charge in [-0.15, -0.1) is 0 Å². The molecule has 0 amide bonds. The van der Waals surface area contributed by atoms with Gasteiger partial charge in [0, 0.05) is 12.0 Å². The zero-order valence-corrected chi connectivity index (χ0v) is 20.3. The van der Waals surface area contributed by atoms with Crippen molar-refractivity contribution < 1.29 is 9.53 Å². The smallest absolute Gasteiger partial charge is 0.311 e. The third-order valence-corrected chi connectivity index (χ3v) is 5.88. The molecule has 0 spiro atoms. The summed E-state index contributed by atoms with van der Waals surface area (Å²) in [6.45, 7) is 4.39. The molecule has 176 valence electrons. The second-order valence-electron chi connectivity index (χ2n) is 8.80. The molecule has 0 aliphatic carbocycles. The molecule has 32 heavy (non-hydrogen) atoms. The van der Waals surface area contributed by atoms with Gasteiger partial charge in [-0.1, -0.05) is 109 Å². The number of carbonyl (C=O) groups is 1. The largest absolute Gasteiger partial charge is 0.423 e. The van der Waals surface area contributed by atoms with Crippen LogP contribution in [-0.4, -0.2) is 15.9 Å². The highest BCUT2D eigenvalue weighted by Gasteiger charge is 2.07. The monoisotopic (exact) mass is 438 g/mol. The van der Waals surface area contributed by atoms with E-state index in [0.717, 1.165) is 31.2 Å². The molecule has 2 rings (SSSR count). The fourth-order valence-electron chi connectivity index (χ4n) is 3.86. The van der Waals surface area contributed by atoms with E-state index in [0.29, 0.717) is 18.0 Å². The van der Waals surface area contributed by atoms with Crippen molar-refractivity contribution in [1.82, 2.24) is 9.97 Å². The Morgan fingerprint density at radius 2 is 1.25 bits per heavy atom. The SMILES string of the molecule is CCCCCCCCCCCCc1ccc(-c2ncc(OC(=O)CCCCC)cn2)cc1. The van der Waals surface area contributed by atoms with E-state index in [1.807, 2.05) is 0 Å². The number of nitrogens with zero attached hydrogens (tertiary/aromatic N) is 2. The summed E-state index contributed by atoms with van der Waals surface area (Å²) in [6, 6.07) is 8.51. The predicted octanol–water partition coefficient (Wildman–Crippen LogP) is 8.09. The van der Waals surface area contributed by atoms with Crippen LogP contribution in [0.3, 0.4) is 0 Å². The highest BCUT2D eigenvalue weighted by molar-refractivity contribution is 5.72. The molecule has 0 atom stereocenters. The number of rotatable bonds is 17. The Balaban J connectivity index is 1.65. The summed E-state index contributed by atoms with van der Waals surface area (Å²) in [5, 5.41) is 0. The van der Waals surface area contributed by atoms with Gasteiger partial charge in [-0.05, 0) is 24.8 Å². The van der Waals surface area contributed by atoms with Gasteiger partial charge in [-0.25, -0.2) is 9.97 Å². The highest BCUT2D eigenvalue weighted by atomic mass is 16.5. The molecule has 1 aromatic carbocycles.